The van der Waals surface area contributed by atoms with Crippen molar-refractivity contribution in [2.24, 2.45) is 0 Å². The molecule has 0 N–H and O–H groups in total. The molecule has 4 nitrogen and oxygen atoms in total. The van der Waals surface area contributed by atoms with Gasteiger partial charge in [0.05, 0.1) is 12.8 Å². The standard InChI is InChI=1S/C13H18N2O2/c16-12(13-2-1-9-17-13)10-14-5-7-15(8-6-14)11-3-4-11/h1-2,9,11H,3-8,10H2. The largest absolute Gasteiger partial charge is 0.461 e. The quantitative estimate of drug-likeness (QED) is 0.735. The van der Waals surface area contributed by atoms with Gasteiger partial charge in [0.2, 0.25) is 5.78 Å². The molecular weight excluding hydrogens is 216 g/mol. The average molecular weight is 234 g/mol. The fourth-order valence-electron chi connectivity index (χ4n) is 2.44. The number of hydrogen-bond acceptors (Lipinski definition) is 4. The van der Waals surface area contributed by atoms with Crippen molar-refractivity contribution < 1.29 is 9.21 Å². The first-order valence-electron chi connectivity index (χ1n) is 6.36. The monoisotopic (exact) mass is 234 g/mol. The summed E-state index contributed by atoms with van der Waals surface area (Å²) in [6.45, 7) is 4.71. The van der Waals surface area contributed by atoms with Crippen LogP contribution >= 0.6 is 0 Å². The second kappa shape index (κ2) is 4.63. The molecule has 17 heavy (non-hydrogen) atoms. The Bertz CT molecular complexity index is 376. The third kappa shape index (κ3) is 2.58. The fraction of sp³-hybridized carbons (Fsp3) is 0.615. The summed E-state index contributed by atoms with van der Waals surface area (Å²) in [5.74, 6) is 0.574. The maximum absolute atomic E-state index is 11.9. The zero-order chi connectivity index (χ0) is 11.7. The van der Waals surface area contributed by atoms with Gasteiger partial charge in [0.25, 0.3) is 0 Å². The van der Waals surface area contributed by atoms with Gasteiger partial charge in [0.15, 0.2) is 5.76 Å². The topological polar surface area (TPSA) is 36.7 Å². The molecule has 0 amide bonds. The first kappa shape index (κ1) is 11.0. The van der Waals surface area contributed by atoms with Crippen LogP contribution in [0.25, 0.3) is 0 Å². The zero-order valence-corrected chi connectivity index (χ0v) is 9.97. The lowest BCUT2D eigenvalue weighted by Crippen LogP contribution is -2.48. The van der Waals surface area contributed by atoms with Gasteiger partial charge in [0, 0.05) is 32.2 Å². The van der Waals surface area contributed by atoms with Crippen molar-refractivity contribution in [3.05, 3.63) is 24.2 Å². The van der Waals surface area contributed by atoms with E-state index in [-0.39, 0.29) is 5.78 Å². The molecule has 1 aliphatic carbocycles. The number of furan rings is 1. The van der Waals surface area contributed by atoms with E-state index in [1.54, 1.807) is 18.4 Å². The summed E-state index contributed by atoms with van der Waals surface area (Å²) in [6, 6.07) is 4.35. The van der Waals surface area contributed by atoms with Crippen molar-refractivity contribution in [2.75, 3.05) is 32.7 Å². The normalized spacial score (nSPS) is 22.8. The minimum atomic E-state index is 0.0925. The lowest BCUT2D eigenvalue weighted by molar-refractivity contribution is 0.0819. The van der Waals surface area contributed by atoms with Crippen LogP contribution in [-0.2, 0) is 0 Å². The van der Waals surface area contributed by atoms with E-state index in [1.807, 2.05) is 0 Å². The van der Waals surface area contributed by atoms with Crippen LogP contribution in [0.1, 0.15) is 23.4 Å². The summed E-state index contributed by atoms with van der Waals surface area (Å²) in [6.07, 6.45) is 4.29. The molecule has 0 bridgehead atoms. The van der Waals surface area contributed by atoms with E-state index < -0.39 is 0 Å². The van der Waals surface area contributed by atoms with E-state index in [0.29, 0.717) is 12.3 Å². The number of Topliss-reactive ketones (excluding diaryl/α,β-unsaturated/α-hetero) is 1. The maximum Gasteiger partial charge on any atom is 0.211 e. The van der Waals surface area contributed by atoms with Crippen LogP contribution in [-0.4, -0.2) is 54.3 Å². The van der Waals surface area contributed by atoms with Crippen molar-refractivity contribution in [1.29, 1.82) is 0 Å². The summed E-state index contributed by atoms with van der Waals surface area (Å²) in [5.41, 5.74) is 0. The predicted octanol–water partition coefficient (Wildman–Crippen LogP) is 1.24. The zero-order valence-electron chi connectivity index (χ0n) is 9.97. The van der Waals surface area contributed by atoms with Gasteiger partial charge in [-0.25, -0.2) is 0 Å². The number of carbonyl (C=O) groups excluding carboxylic acids is 1. The van der Waals surface area contributed by atoms with Crippen LogP contribution in [0.4, 0.5) is 0 Å². The summed E-state index contributed by atoms with van der Waals surface area (Å²) in [7, 11) is 0. The summed E-state index contributed by atoms with van der Waals surface area (Å²) in [4.78, 5) is 16.6. The molecule has 0 unspecified atom stereocenters. The summed E-state index contributed by atoms with van der Waals surface area (Å²) >= 11 is 0. The molecule has 2 heterocycles. The van der Waals surface area contributed by atoms with Gasteiger partial charge in [-0.3, -0.25) is 14.6 Å². The van der Waals surface area contributed by atoms with Crippen LogP contribution in [0, 0.1) is 0 Å². The van der Waals surface area contributed by atoms with Crippen molar-refractivity contribution in [3.63, 3.8) is 0 Å². The second-order valence-corrected chi connectivity index (χ2v) is 4.94. The van der Waals surface area contributed by atoms with E-state index in [9.17, 15) is 4.79 Å². The third-order valence-corrected chi connectivity index (χ3v) is 3.63. The van der Waals surface area contributed by atoms with Crippen molar-refractivity contribution in [3.8, 4) is 0 Å². The van der Waals surface area contributed by atoms with Gasteiger partial charge in [-0.05, 0) is 25.0 Å². The average Bonchev–Trinajstić information content (AvgIpc) is 3.05. The van der Waals surface area contributed by atoms with Crippen LogP contribution in [0.15, 0.2) is 22.8 Å². The summed E-state index contributed by atoms with van der Waals surface area (Å²) < 4.78 is 5.12. The molecule has 4 heteroatoms. The Hall–Kier alpha value is -1.13. The Morgan fingerprint density at radius 1 is 1.29 bits per heavy atom. The lowest BCUT2D eigenvalue weighted by atomic mass is 10.2. The molecule has 0 spiro atoms. The number of ketones is 1. The lowest BCUT2D eigenvalue weighted by Gasteiger charge is -2.34. The Labute approximate surface area is 101 Å². The molecule has 1 aromatic heterocycles. The molecule has 1 saturated heterocycles. The van der Waals surface area contributed by atoms with E-state index >= 15 is 0 Å². The molecular formula is C13H18N2O2. The number of piperazine rings is 1. The third-order valence-electron chi connectivity index (χ3n) is 3.63. The van der Waals surface area contributed by atoms with Crippen LogP contribution in [0.3, 0.4) is 0 Å². The molecule has 1 aliphatic heterocycles. The minimum absolute atomic E-state index is 0.0925. The van der Waals surface area contributed by atoms with Crippen molar-refractivity contribution in [1.82, 2.24) is 9.80 Å². The smallest absolute Gasteiger partial charge is 0.211 e. The maximum atomic E-state index is 11.9. The molecule has 2 aliphatic rings. The van der Waals surface area contributed by atoms with Gasteiger partial charge in [-0.2, -0.15) is 0 Å². The van der Waals surface area contributed by atoms with E-state index in [2.05, 4.69) is 9.80 Å². The highest BCUT2D eigenvalue weighted by molar-refractivity contribution is 5.94. The number of nitrogens with zero attached hydrogens (tertiary/aromatic N) is 2. The second-order valence-electron chi connectivity index (χ2n) is 4.94. The van der Waals surface area contributed by atoms with Crippen molar-refractivity contribution >= 4 is 5.78 Å². The van der Waals surface area contributed by atoms with E-state index in [0.717, 1.165) is 32.2 Å². The van der Waals surface area contributed by atoms with Gasteiger partial charge < -0.3 is 4.42 Å². The molecule has 92 valence electrons. The van der Waals surface area contributed by atoms with Crippen molar-refractivity contribution in [2.45, 2.75) is 18.9 Å². The predicted molar refractivity (Wildman–Crippen MR) is 64.1 cm³/mol. The van der Waals surface area contributed by atoms with E-state index in [4.69, 9.17) is 4.42 Å². The van der Waals surface area contributed by atoms with Crippen LogP contribution in [0.5, 0.6) is 0 Å². The number of rotatable bonds is 4. The molecule has 1 aromatic rings. The number of hydrogen-bond donors (Lipinski definition) is 0. The fourth-order valence-corrected chi connectivity index (χ4v) is 2.44. The van der Waals surface area contributed by atoms with Gasteiger partial charge in [-0.15, -0.1) is 0 Å². The van der Waals surface area contributed by atoms with Crippen LogP contribution < -0.4 is 0 Å². The van der Waals surface area contributed by atoms with Gasteiger partial charge in [-0.1, -0.05) is 0 Å². The van der Waals surface area contributed by atoms with E-state index in [1.165, 1.54) is 12.8 Å². The highest BCUT2D eigenvalue weighted by Gasteiger charge is 2.31. The Kier molecular flexibility index (Phi) is 2.99. The molecule has 3 rings (SSSR count). The Morgan fingerprint density at radius 2 is 2.06 bits per heavy atom. The first-order chi connectivity index (χ1) is 8.33. The van der Waals surface area contributed by atoms with Crippen LogP contribution in [0.2, 0.25) is 0 Å². The summed E-state index contributed by atoms with van der Waals surface area (Å²) in [5, 5.41) is 0. The van der Waals surface area contributed by atoms with Gasteiger partial charge in [0.1, 0.15) is 0 Å². The minimum Gasteiger partial charge on any atom is -0.461 e. The molecule has 0 aromatic carbocycles. The molecule has 0 atom stereocenters. The highest BCUT2D eigenvalue weighted by atomic mass is 16.3. The first-order valence-corrected chi connectivity index (χ1v) is 6.36. The SMILES string of the molecule is O=C(CN1CCN(C2CC2)CC1)c1ccco1. The Balaban J connectivity index is 1.48. The highest BCUT2D eigenvalue weighted by Crippen LogP contribution is 2.27. The van der Waals surface area contributed by atoms with Gasteiger partial charge >= 0.3 is 0 Å². The Morgan fingerprint density at radius 3 is 2.65 bits per heavy atom. The molecule has 0 radical (unpaired) electrons. The molecule has 2 fully saturated rings. The molecule has 1 saturated carbocycles. The number of carbonyl (C=O) groups is 1.